The molecule has 0 aliphatic heterocycles. The number of rotatable bonds is 5. The molecule has 0 atom stereocenters. The zero-order valence-corrected chi connectivity index (χ0v) is 14.0. The maximum atomic E-state index is 6.33. The molecular formula is C15H14Cl3NS. The van der Waals surface area contributed by atoms with E-state index in [4.69, 9.17) is 34.8 Å². The normalized spacial score (nSPS) is 10.8. The maximum Gasteiger partial charge on any atom is 0.0548 e. The molecule has 0 heterocycles. The summed E-state index contributed by atoms with van der Waals surface area (Å²) in [4.78, 5) is 1.92. The molecule has 0 unspecified atom stereocenters. The Morgan fingerprint density at radius 3 is 2.60 bits per heavy atom. The van der Waals surface area contributed by atoms with Crippen LogP contribution in [-0.2, 0) is 6.54 Å². The molecule has 0 bridgehead atoms. The molecular weight excluding hydrogens is 333 g/mol. The van der Waals surface area contributed by atoms with E-state index in [-0.39, 0.29) is 0 Å². The minimum atomic E-state index is 0.664. The largest absolute Gasteiger partial charge is 0.313 e. The Balaban J connectivity index is 2.34. The molecule has 1 N–H and O–H groups in total. The summed E-state index contributed by atoms with van der Waals surface area (Å²) in [7, 11) is 0. The van der Waals surface area contributed by atoms with Gasteiger partial charge in [-0.25, -0.2) is 0 Å². The molecule has 0 saturated heterocycles. The number of hydrogen-bond donors (Lipinski definition) is 1. The van der Waals surface area contributed by atoms with Crippen molar-refractivity contribution in [3.8, 4) is 0 Å². The molecule has 0 aliphatic rings. The molecule has 0 aromatic heterocycles. The van der Waals surface area contributed by atoms with Crippen LogP contribution in [0.2, 0.25) is 15.1 Å². The van der Waals surface area contributed by atoms with E-state index in [1.165, 1.54) is 0 Å². The third-order valence-corrected chi connectivity index (χ3v) is 5.07. The predicted octanol–water partition coefficient (Wildman–Crippen LogP) is 5.91. The van der Waals surface area contributed by atoms with Gasteiger partial charge in [0.2, 0.25) is 0 Å². The van der Waals surface area contributed by atoms with E-state index >= 15 is 0 Å². The van der Waals surface area contributed by atoms with Crippen LogP contribution in [-0.4, -0.2) is 6.54 Å². The molecule has 0 spiro atoms. The van der Waals surface area contributed by atoms with Gasteiger partial charge in [0.25, 0.3) is 0 Å². The Morgan fingerprint density at radius 1 is 1.05 bits per heavy atom. The van der Waals surface area contributed by atoms with Crippen LogP contribution in [0.5, 0.6) is 0 Å². The van der Waals surface area contributed by atoms with Crippen LogP contribution in [0.3, 0.4) is 0 Å². The highest BCUT2D eigenvalue weighted by atomic mass is 35.5. The van der Waals surface area contributed by atoms with E-state index in [2.05, 4.69) is 18.3 Å². The van der Waals surface area contributed by atoms with Crippen LogP contribution in [0.25, 0.3) is 0 Å². The summed E-state index contributed by atoms with van der Waals surface area (Å²) >= 11 is 20.1. The summed E-state index contributed by atoms with van der Waals surface area (Å²) in [6.07, 6.45) is 0. The van der Waals surface area contributed by atoms with E-state index in [0.29, 0.717) is 10.0 Å². The first-order valence-corrected chi connectivity index (χ1v) is 8.18. The monoisotopic (exact) mass is 345 g/mol. The summed E-state index contributed by atoms with van der Waals surface area (Å²) in [6, 6.07) is 11.3. The van der Waals surface area contributed by atoms with Gasteiger partial charge in [0, 0.05) is 21.4 Å². The topological polar surface area (TPSA) is 12.0 Å². The van der Waals surface area contributed by atoms with E-state index in [9.17, 15) is 0 Å². The highest BCUT2D eigenvalue weighted by molar-refractivity contribution is 7.99. The zero-order valence-electron chi connectivity index (χ0n) is 10.9. The number of hydrogen-bond acceptors (Lipinski definition) is 2. The van der Waals surface area contributed by atoms with Crippen molar-refractivity contribution in [1.82, 2.24) is 5.32 Å². The lowest BCUT2D eigenvalue weighted by Gasteiger charge is -2.12. The van der Waals surface area contributed by atoms with Crippen LogP contribution < -0.4 is 5.32 Å². The average Bonchev–Trinajstić information content (AvgIpc) is 2.43. The lowest BCUT2D eigenvalue weighted by atomic mass is 10.2. The molecule has 20 heavy (non-hydrogen) atoms. The van der Waals surface area contributed by atoms with Crippen molar-refractivity contribution in [2.24, 2.45) is 0 Å². The summed E-state index contributed by atoms with van der Waals surface area (Å²) in [6.45, 7) is 3.76. The quantitative estimate of drug-likeness (QED) is 0.722. The highest BCUT2D eigenvalue weighted by Gasteiger charge is 2.11. The maximum absolute atomic E-state index is 6.33. The number of halogens is 3. The van der Waals surface area contributed by atoms with E-state index in [1.54, 1.807) is 23.9 Å². The second kappa shape index (κ2) is 7.58. The Hall–Kier alpha value is -0.380. The van der Waals surface area contributed by atoms with Gasteiger partial charge in [-0.15, -0.1) is 0 Å². The van der Waals surface area contributed by atoms with Gasteiger partial charge in [-0.1, -0.05) is 65.6 Å². The van der Waals surface area contributed by atoms with Crippen LogP contribution in [0.4, 0.5) is 0 Å². The predicted molar refractivity (Wildman–Crippen MR) is 89.4 cm³/mol. The fourth-order valence-corrected chi connectivity index (χ4v) is 3.52. The van der Waals surface area contributed by atoms with Gasteiger partial charge in [0.1, 0.15) is 0 Å². The van der Waals surface area contributed by atoms with Crippen molar-refractivity contribution in [2.45, 2.75) is 23.3 Å². The van der Waals surface area contributed by atoms with Crippen molar-refractivity contribution < 1.29 is 0 Å². The molecule has 0 fully saturated rings. The molecule has 0 radical (unpaired) electrons. The molecule has 0 amide bonds. The Kier molecular flexibility index (Phi) is 6.06. The second-order valence-electron chi connectivity index (χ2n) is 4.19. The van der Waals surface area contributed by atoms with E-state index in [1.807, 2.05) is 18.2 Å². The molecule has 2 rings (SSSR count). The fourth-order valence-electron chi connectivity index (χ4n) is 1.73. The summed E-state index contributed by atoms with van der Waals surface area (Å²) < 4.78 is 0. The summed E-state index contributed by atoms with van der Waals surface area (Å²) in [5, 5.41) is 5.38. The summed E-state index contributed by atoms with van der Waals surface area (Å²) in [5.41, 5.74) is 1.15. The minimum absolute atomic E-state index is 0.664. The summed E-state index contributed by atoms with van der Waals surface area (Å²) in [5.74, 6) is 0. The highest BCUT2D eigenvalue weighted by Crippen LogP contribution is 2.40. The van der Waals surface area contributed by atoms with E-state index < -0.39 is 0 Å². The van der Waals surface area contributed by atoms with Gasteiger partial charge in [-0.2, -0.15) is 0 Å². The van der Waals surface area contributed by atoms with Crippen LogP contribution in [0.1, 0.15) is 12.5 Å². The first-order chi connectivity index (χ1) is 9.61. The first kappa shape index (κ1) is 16.0. The smallest absolute Gasteiger partial charge is 0.0548 e. The average molecular weight is 347 g/mol. The molecule has 5 heteroatoms. The Labute approximate surface area is 138 Å². The zero-order chi connectivity index (χ0) is 14.5. The second-order valence-corrected chi connectivity index (χ2v) is 6.49. The molecule has 1 nitrogen and oxygen atoms in total. The van der Waals surface area contributed by atoms with Gasteiger partial charge in [-0.3, -0.25) is 0 Å². The lowest BCUT2D eigenvalue weighted by molar-refractivity contribution is 0.718. The SMILES string of the molecule is CCNCc1cccc(Cl)c1Sc1cc(Cl)ccc1Cl. The van der Waals surface area contributed by atoms with Crippen LogP contribution >= 0.6 is 46.6 Å². The molecule has 106 valence electrons. The molecule has 0 saturated carbocycles. The van der Waals surface area contributed by atoms with E-state index in [0.717, 1.165) is 33.5 Å². The van der Waals surface area contributed by atoms with Gasteiger partial charge in [-0.05, 0) is 36.4 Å². The fraction of sp³-hybridized carbons (Fsp3) is 0.200. The van der Waals surface area contributed by atoms with Crippen LogP contribution in [0.15, 0.2) is 46.2 Å². The number of nitrogens with one attached hydrogen (secondary N) is 1. The van der Waals surface area contributed by atoms with Crippen molar-refractivity contribution in [2.75, 3.05) is 6.54 Å². The molecule has 2 aromatic carbocycles. The van der Waals surface area contributed by atoms with Crippen molar-refractivity contribution >= 4 is 46.6 Å². The third kappa shape index (κ3) is 4.06. The minimum Gasteiger partial charge on any atom is -0.313 e. The van der Waals surface area contributed by atoms with Crippen molar-refractivity contribution in [3.63, 3.8) is 0 Å². The van der Waals surface area contributed by atoms with Crippen LogP contribution in [0, 0.1) is 0 Å². The lowest BCUT2D eigenvalue weighted by Crippen LogP contribution is -2.12. The standard InChI is InChI=1S/C15H14Cl3NS/c1-2-19-9-10-4-3-5-13(18)15(10)20-14-8-11(16)6-7-12(14)17/h3-8,19H,2,9H2,1H3. The van der Waals surface area contributed by atoms with Crippen molar-refractivity contribution in [1.29, 1.82) is 0 Å². The third-order valence-electron chi connectivity index (χ3n) is 2.72. The van der Waals surface area contributed by atoms with Gasteiger partial charge >= 0.3 is 0 Å². The molecule has 2 aromatic rings. The van der Waals surface area contributed by atoms with Crippen molar-refractivity contribution in [3.05, 3.63) is 57.0 Å². The first-order valence-electron chi connectivity index (χ1n) is 6.23. The Morgan fingerprint density at radius 2 is 1.85 bits per heavy atom. The van der Waals surface area contributed by atoms with Gasteiger partial charge in [0.05, 0.1) is 10.0 Å². The van der Waals surface area contributed by atoms with Gasteiger partial charge in [0.15, 0.2) is 0 Å². The van der Waals surface area contributed by atoms with Gasteiger partial charge < -0.3 is 5.32 Å². The number of benzene rings is 2. The Bertz CT molecular complexity index is 602. The molecule has 0 aliphatic carbocycles.